The lowest BCUT2D eigenvalue weighted by Crippen LogP contribution is -2.14. The van der Waals surface area contributed by atoms with Gasteiger partial charge in [0.25, 0.3) is 0 Å². The fourth-order valence-electron chi connectivity index (χ4n) is 1.77. The molecule has 0 radical (unpaired) electrons. The molecule has 2 nitrogen and oxygen atoms in total. The standard InChI is InChI=1S/C13H17NOS3/c1-16-9-12(15)14-11-5-2-4-10(8-11)13-17-6-3-7-18-13/h2,4-5,8,13H,3,6-7,9H2,1H3,(H,14,15). The molecule has 1 N–H and O–H groups in total. The summed E-state index contributed by atoms with van der Waals surface area (Å²) in [6.45, 7) is 0. The van der Waals surface area contributed by atoms with Crippen LogP contribution in [0.25, 0.3) is 0 Å². The molecular formula is C13H17NOS3. The first kappa shape index (κ1) is 14.2. The Bertz CT molecular complexity index is 405. The summed E-state index contributed by atoms with van der Waals surface area (Å²) in [4.78, 5) is 11.6. The Labute approximate surface area is 121 Å². The largest absolute Gasteiger partial charge is 0.325 e. The van der Waals surface area contributed by atoms with E-state index in [1.54, 1.807) is 11.8 Å². The molecule has 2 rings (SSSR count). The average Bonchev–Trinajstić information content (AvgIpc) is 2.40. The van der Waals surface area contributed by atoms with Crippen LogP contribution in [0.15, 0.2) is 24.3 Å². The Morgan fingerprint density at radius 3 is 2.94 bits per heavy atom. The van der Waals surface area contributed by atoms with Crippen molar-refractivity contribution in [3.63, 3.8) is 0 Å². The lowest BCUT2D eigenvalue weighted by atomic mass is 10.2. The molecule has 1 aliphatic heterocycles. The summed E-state index contributed by atoms with van der Waals surface area (Å²) in [5.41, 5.74) is 2.23. The van der Waals surface area contributed by atoms with E-state index in [1.807, 2.05) is 41.9 Å². The SMILES string of the molecule is CSCC(=O)Nc1cccc(C2SCCCS2)c1. The summed E-state index contributed by atoms with van der Waals surface area (Å²) >= 11 is 5.54. The third-order valence-corrected chi connectivity index (χ3v) is 6.11. The molecule has 0 aliphatic carbocycles. The molecule has 1 saturated heterocycles. The van der Waals surface area contributed by atoms with Crippen molar-refractivity contribution < 1.29 is 4.79 Å². The first-order valence-corrected chi connectivity index (χ1v) is 9.40. The molecular weight excluding hydrogens is 282 g/mol. The van der Waals surface area contributed by atoms with Crippen molar-refractivity contribution >= 4 is 46.9 Å². The molecule has 0 spiro atoms. The van der Waals surface area contributed by atoms with Crippen LogP contribution >= 0.6 is 35.3 Å². The first-order chi connectivity index (χ1) is 8.79. The molecule has 1 fully saturated rings. The fourth-order valence-corrected chi connectivity index (χ4v) is 4.98. The van der Waals surface area contributed by atoms with Crippen LogP contribution < -0.4 is 5.32 Å². The van der Waals surface area contributed by atoms with Gasteiger partial charge in [-0.05, 0) is 41.9 Å². The van der Waals surface area contributed by atoms with Crippen molar-refractivity contribution in [1.82, 2.24) is 0 Å². The number of benzene rings is 1. The zero-order valence-electron chi connectivity index (χ0n) is 10.3. The van der Waals surface area contributed by atoms with Crippen LogP contribution in [0.5, 0.6) is 0 Å². The number of carbonyl (C=O) groups is 1. The van der Waals surface area contributed by atoms with Crippen molar-refractivity contribution in [3.05, 3.63) is 29.8 Å². The second-order valence-corrected chi connectivity index (χ2v) is 7.62. The van der Waals surface area contributed by atoms with Gasteiger partial charge in [0.05, 0.1) is 10.3 Å². The molecule has 0 bridgehead atoms. The summed E-state index contributed by atoms with van der Waals surface area (Å²) < 4.78 is 0.524. The Morgan fingerprint density at radius 2 is 2.22 bits per heavy atom. The number of hydrogen-bond acceptors (Lipinski definition) is 4. The summed E-state index contributed by atoms with van der Waals surface area (Å²) in [6, 6.07) is 8.24. The van der Waals surface area contributed by atoms with Gasteiger partial charge in [-0.1, -0.05) is 12.1 Å². The van der Waals surface area contributed by atoms with Crippen LogP contribution in [-0.2, 0) is 4.79 Å². The fraction of sp³-hybridized carbons (Fsp3) is 0.462. The second-order valence-electron chi connectivity index (χ2n) is 4.03. The van der Waals surface area contributed by atoms with E-state index in [4.69, 9.17) is 0 Å². The van der Waals surface area contributed by atoms with E-state index < -0.39 is 0 Å². The summed E-state index contributed by atoms with van der Waals surface area (Å²) in [5, 5.41) is 2.94. The van der Waals surface area contributed by atoms with Gasteiger partial charge in [0, 0.05) is 5.69 Å². The zero-order chi connectivity index (χ0) is 12.8. The minimum atomic E-state index is 0.0728. The predicted octanol–water partition coefficient (Wildman–Crippen LogP) is 3.86. The van der Waals surface area contributed by atoms with Crippen LogP contribution in [0.2, 0.25) is 0 Å². The summed E-state index contributed by atoms with van der Waals surface area (Å²) in [7, 11) is 0. The number of rotatable bonds is 4. The highest BCUT2D eigenvalue weighted by molar-refractivity contribution is 8.16. The van der Waals surface area contributed by atoms with Gasteiger partial charge in [-0.3, -0.25) is 4.79 Å². The minimum absolute atomic E-state index is 0.0728. The summed E-state index contributed by atoms with van der Waals surface area (Å²) in [6.07, 6.45) is 3.24. The van der Waals surface area contributed by atoms with E-state index in [0.717, 1.165) is 5.69 Å². The predicted molar refractivity (Wildman–Crippen MR) is 85.7 cm³/mol. The van der Waals surface area contributed by atoms with Crippen LogP contribution in [-0.4, -0.2) is 29.4 Å². The number of hydrogen-bond donors (Lipinski definition) is 1. The molecule has 1 amide bonds. The molecule has 1 aliphatic rings. The molecule has 1 heterocycles. The van der Waals surface area contributed by atoms with E-state index in [2.05, 4.69) is 17.4 Å². The maximum atomic E-state index is 11.6. The lowest BCUT2D eigenvalue weighted by molar-refractivity contribution is -0.113. The molecule has 0 atom stereocenters. The Kier molecular flexibility index (Phi) is 5.79. The lowest BCUT2D eigenvalue weighted by Gasteiger charge is -2.21. The molecule has 5 heteroatoms. The highest BCUT2D eigenvalue weighted by atomic mass is 32.2. The Hall–Kier alpha value is -0.260. The molecule has 0 saturated carbocycles. The number of thioether (sulfide) groups is 3. The van der Waals surface area contributed by atoms with Gasteiger partial charge in [0.15, 0.2) is 0 Å². The van der Waals surface area contributed by atoms with Crippen molar-refractivity contribution in [2.24, 2.45) is 0 Å². The smallest absolute Gasteiger partial charge is 0.234 e. The Balaban J connectivity index is 2.02. The average molecular weight is 299 g/mol. The van der Waals surface area contributed by atoms with E-state index in [1.165, 1.54) is 23.5 Å². The molecule has 18 heavy (non-hydrogen) atoms. The topological polar surface area (TPSA) is 29.1 Å². The van der Waals surface area contributed by atoms with Gasteiger partial charge in [0.1, 0.15) is 0 Å². The van der Waals surface area contributed by atoms with E-state index >= 15 is 0 Å². The zero-order valence-corrected chi connectivity index (χ0v) is 12.8. The van der Waals surface area contributed by atoms with Gasteiger partial charge in [-0.25, -0.2) is 0 Å². The van der Waals surface area contributed by atoms with Crippen molar-refractivity contribution in [2.75, 3.05) is 28.8 Å². The van der Waals surface area contributed by atoms with E-state index in [-0.39, 0.29) is 5.91 Å². The van der Waals surface area contributed by atoms with Crippen LogP contribution in [0.4, 0.5) is 5.69 Å². The maximum absolute atomic E-state index is 11.6. The Morgan fingerprint density at radius 1 is 1.44 bits per heavy atom. The number of nitrogens with one attached hydrogen (secondary N) is 1. The third kappa shape index (κ3) is 4.14. The van der Waals surface area contributed by atoms with Crippen LogP contribution in [0.3, 0.4) is 0 Å². The summed E-state index contributed by atoms with van der Waals surface area (Å²) in [5.74, 6) is 3.06. The van der Waals surface area contributed by atoms with Gasteiger partial charge >= 0.3 is 0 Å². The van der Waals surface area contributed by atoms with E-state index in [0.29, 0.717) is 10.3 Å². The monoisotopic (exact) mass is 299 g/mol. The normalized spacial score (nSPS) is 16.5. The van der Waals surface area contributed by atoms with Crippen molar-refractivity contribution in [2.45, 2.75) is 11.0 Å². The van der Waals surface area contributed by atoms with Gasteiger partial charge in [-0.15, -0.1) is 23.5 Å². The first-order valence-electron chi connectivity index (χ1n) is 5.91. The highest BCUT2D eigenvalue weighted by Gasteiger charge is 2.16. The molecule has 0 aromatic heterocycles. The van der Waals surface area contributed by atoms with E-state index in [9.17, 15) is 4.79 Å². The van der Waals surface area contributed by atoms with Crippen LogP contribution in [0.1, 0.15) is 16.6 Å². The van der Waals surface area contributed by atoms with Crippen LogP contribution in [0, 0.1) is 0 Å². The second kappa shape index (κ2) is 7.36. The minimum Gasteiger partial charge on any atom is -0.325 e. The van der Waals surface area contributed by atoms with Gasteiger partial charge < -0.3 is 5.32 Å². The number of carbonyl (C=O) groups excluding carboxylic acids is 1. The van der Waals surface area contributed by atoms with Crippen molar-refractivity contribution in [3.8, 4) is 0 Å². The van der Waals surface area contributed by atoms with Crippen molar-refractivity contribution in [1.29, 1.82) is 0 Å². The van der Waals surface area contributed by atoms with Gasteiger partial charge in [0.2, 0.25) is 5.91 Å². The molecule has 98 valence electrons. The number of anilines is 1. The third-order valence-electron chi connectivity index (χ3n) is 2.55. The highest BCUT2D eigenvalue weighted by Crippen LogP contribution is 2.43. The van der Waals surface area contributed by atoms with Gasteiger partial charge in [-0.2, -0.15) is 11.8 Å². The quantitative estimate of drug-likeness (QED) is 0.914. The molecule has 1 aromatic carbocycles. The molecule has 0 unspecified atom stereocenters. The maximum Gasteiger partial charge on any atom is 0.234 e. The number of amides is 1. The molecule has 1 aromatic rings.